The number of fused-ring (bicyclic) bond motifs is 3. The minimum absolute atomic E-state index is 0.707. The molecular weight excluding hydrogens is 334 g/mol. The molecule has 2 aromatic heterocycles. The van der Waals surface area contributed by atoms with Gasteiger partial charge in [-0.2, -0.15) is 0 Å². The van der Waals surface area contributed by atoms with Gasteiger partial charge in [0.05, 0.1) is 11.7 Å². The van der Waals surface area contributed by atoms with Crippen molar-refractivity contribution in [2.45, 2.75) is 19.9 Å². The molecule has 0 fully saturated rings. The zero-order valence-electron chi connectivity index (χ0n) is 14.2. The number of likely N-dealkylation sites (N-methyl/N-ethyl adjacent to an activating group) is 1. The predicted molar refractivity (Wildman–Crippen MR) is 101 cm³/mol. The average Bonchev–Trinajstić information content (AvgIpc) is 2.89. The summed E-state index contributed by atoms with van der Waals surface area (Å²) in [7, 11) is 2.16. The Bertz CT molecular complexity index is 1030. The molecule has 4 nitrogen and oxygen atoms in total. The lowest BCUT2D eigenvalue weighted by molar-refractivity contribution is 0.312. The molecule has 0 spiro atoms. The first-order valence-corrected chi connectivity index (χ1v) is 8.84. The van der Waals surface area contributed by atoms with Gasteiger partial charge in [0.2, 0.25) is 0 Å². The van der Waals surface area contributed by atoms with E-state index in [-0.39, 0.29) is 0 Å². The van der Waals surface area contributed by atoms with Crippen LogP contribution in [-0.4, -0.2) is 28.0 Å². The SMILES string of the molecule is Cc1ccc(C2=Cn3c4c(c5cc(Cl)cc(c53)O2)CN(C)CC4)cn1. The number of hydrogen-bond acceptors (Lipinski definition) is 3. The molecule has 2 aliphatic rings. The maximum absolute atomic E-state index is 6.39. The fraction of sp³-hybridized carbons (Fsp3) is 0.250. The minimum atomic E-state index is 0.707. The molecule has 5 heteroatoms. The zero-order valence-corrected chi connectivity index (χ0v) is 15.0. The van der Waals surface area contributed by atoms with E-state index < -0.39 is 0 Å². The predicted octanol–water partition coefficient (Wildman–Crippen LogP) is 4.33. The minimum Gasteiger partial charge on any atom is -0.453 e. The summed E-state index contributed by atoms with van der Waals surface area (Å²) in [5.41, 5.74) is 5.80. The van der Waals surface area contributed by atoms with Crippen LogP contribution in [0.2, 0.25) is 5.02 Å². The maximum atomic E-state index is 6.39. The standard InChI is InChI=1S/C20H18ClN3O/c1-12-3-4-13(9-22-12)19-11-24-17-5-6-23(2)10-16(17)15-7-14(21)8-18(25-19)20(15)24/h3-4,7-9,11H,5-6,10H2,1-2H3. The molecule has 3 aromatic rings. The largest absolute Gasteiger partial charge is 0.453 e. The van der Waals surface area contributed by atoms with Gasteiger partial charge in [0.25, 0.3) is 0 Å². The van der Waals surface area contributed by atoms with Crippen LogP contribution in [0.25, 0.3) is 22.9 Å². The van der Waals surface area contributed by atoms with Gasteiger partial charge in [-0.1, -0.05) is 11.6 Å². The first kappa shape index (κ1) is 15.0. The Labute approximate surface area is 151 Å². The van der Waals surface area contributed by atoms with Crippen molar-refractivity contribution in [3.8, 4) is 5.75 Å². The highest BCUT2D eigenvalue weighted by Crippen LogP contribution is 2.42. The molecular formula is C20H18ClN3O. The van der Waals surface area contributed by atoms with Crippen LogP contribution in [0.5, 0.6) is 5.75 Å². The van der Waals surface area contributed by atoms with Crippen LogP contribution in [0.15, 0.2) is 30.5 Å². The fourth-order valence-electron chi connectivity index (χ4n) is 3.81. The number of ether oxygens (including phenoxy) is 1. The summed E-state index contributed by atoms with van der Waals surface area (Å²) in [4.78, 5) is 6.75. The van der Waals surface area contributed by atoms with E-state index in [0.29, 0.717) is 5.02 Å². The molecule has 0 bridgehead atoms. The summed E-state index contributed by atoms with van der Waals surface area (Å²) >= 11 is 6.39. The van der Waals surface area contributed by atoms with Crippen LogP contribution in [0.1, 0.15) is 22.5 Å². The molecule has 0 atom stereocenters. The number of aryl methyl sites for hydroxylation is 1. The van der Waals surface area contributed by atoms with E-state index in [1.165, 1.54) is 16.6 Å². The third kappa shape index (κ3) is 2.29. The first-order chi connectivity index (χ1) is 12.1. The maximum Gasteiger partial charge on any atom is 0.153 e. The van der Waals surface area contributed by atoms with Gasteiger partial charge in [0.1, 0.15) is 0 Å². The van der Waals surface area contributed by atoms with Crippen molar-refractivity contribution < 1.29 is 4.74 Å². The molecule has 4 heterocycles. The van der Waals surface area contributed by atoms with E-state index in [1.807, 2.05) is 31.3 Å². The van der Waals surface area contributed by atoms with Gasteiger partial charge in [0.15, 0.2) is 11.5 Å². The molecule has 1 aromatic carbocycles. The Morgan fingerprint density at radius 1 is 1.24 bits per heavy atom. The van der Waals surface area contributed by atoms with E-state index in [2.05, 4.69) is 33.8 Å². The number of rotatable bonds is 1. The molecule has 0 N–H and O–H groups in total. The lowest BCUT2D eigenvalue weighted by Crippen LogP contribution is -2.27. The summed E-state index contributed by atoms with van der Waals surface area (Å²) in [6.07, 6.45) is 4.98. The van der Waals surface area contributed by atoms with Gasteiger partial charge in [-0.25, -0.2) is 0 Å². The summed E-state index contributed by atoms with van der Waals surface area (Å²) in [5, 5.41) is 1.90. The van der Waals surface area contributed by atoms with Crippen LogP contribution in [0.3, 0.4) is 0 Å². The van der Waals surface area contributed by atoms with Gasteiger partial charge in [-0.3, -0.25) is 4.98 Å². The van der Waals surface area contributed by atoms with Crippen molar-refractivity contribution in [1.29, 1.82) is 0 Å². The van der Waals surface area contributed by atoms with Crippen molar-refractivity contribution in [2.75, 3.05) is 13.6 Å². The molecule has 0 saturated carbocycles. The Morgan fingerprint density at radius 3 is 2.92 bits per heavy atom. The Morgan fingerprint density at radius 2 is 2.12 bits per heavy atom. The third-order valence-corrected chi connectivity index (χ3v) is 5.28. The highest BCUT2D eigenvalue weighted by Gasteiger charge is 2.27. The van der Waals surface area contributed by atoms with Crippen molar-refractivity contribution >= 4 is 34.5 Å². The normalized spacial score (nSPS) is 16.5. The van der Waals surface area contributed by atoms with Crippen LogP contribution in [0, 0.1) is 6.92 Å². The van der Waals surface area contributed by atoms with Crippen molar-refractivity contribution in [3.05, 3.63) is 58.0 Å². The van der Waals surface area contributed by atoms with Gasteiger partial charge in [-0.05, 0) is 37.7 Å². The Kier molecular flexibility index (Phi) is 3.21. The van der Waals surface area contributed by atoms with Gasteiger partial charge >= 0.3 is 0 Å². The lowest BCUT2D eigenvalue weighted by Gasteiger charge is -2.24. The number of nitrogens with zero attached hydrogens (tertiary/aromatic N) is 3. The van der Waals surface area contributed by atoms with E-state index in [0.717, 1.165) is 47.8 Å². The number of hydrogen-bond donors (Lipinski definition) is 0. The van der Waals surface area contributed by atoms with E-state index in [1.54, 1.807) is 0 Å². The van der Waals surface area contributed by atoms with E-state index >= 15 is 0 Å². The van der Waals surface area contributed by atoms with Gasteiger partial charge in [0, 0.05) is 59.1 Å². The highest BCUT2D eigenvalue weighted by molar-refractivity contribution is 6.31. The summed E-state index contributed by atoms with van der Waals surface area (Å²) < 4.78 is 8.51. The topological polar surface area (TPSA) is 30.3 Å². The molecule has 5 rings (SSSR count). The first-order valence-electron chi connectivity index (χ1n) is 8.46. The molecule has 0 aliphatic carbocycles. The number of benzene rings is 1. The molecule has 0 saturated heterocycles. The quantitative estimate of drug-likeness (QED) is 0.653. The highest BCUT2D eigenvalue weighted by atomic mass is 35.5. The van der Waals surface area contributed by atoms with E-state index in [4.69, 9.17) is 16.3 Å². The number of halogens is 1. The van der Waals surface area contributed by atoms with Crippen LogP contribution in [-0.2, 0) is 13.0 Å². The molecule has 0 radical (unpaired) electrons. The average molecular weight is 352 g/mol. The lowest BCUT2D eigenvalue weighted by atomic mass is 10.0. The van der Waals surface area contributed by atoms with Crippen LogP contribution in [0.4, 0.5) is 0 Å². The summed E-state index contributed by atoms with van der Waals surface area (Å²) in [6.45, 7) is 3.98. The van der Waals surface area contributed by atoms with Crippen LogP contribution >= 0.6 is 11.6 Å². The smallest absolute Gasteiger partial charge is 0.153 e. The third-order valence-electron chi connectivity index (χ3n) is 5.07. The van der Waals surface area contributed by atoms with Gasteiger partial charge in [-0.15, -0.1) is 0 Å². The molecule has 126 valence electrons. The Hall–Kier alpha value is -2.30. The van der Waals surface area contributed by atoms with E-state index in [9.17, 15) is 0 Å². The second kappa shape index (κ2) is 5.35. The summed E-state index contributed by atoms with van der Waals surface area (Å²) in [5.74, 6) is 1.62. The Balaban J connectivity index is 1.76. The zero-order chi connectivity index (χ0) is 17.1. The second-order valence-electron chi connectivity index (χ2n) is 6.87. The molecule has 25 heavy (non-hydrogen) atoms. The number of aromatic nitrogens is 2. The summed E-state index contributed by atoms with van der Waals surface area (Å²) in [6, 6.07) is 8.02. The molecule has 2 aliphatic heterocycles. The van der Waals surface area contributed by atoms with Crippen LogP contribution < -0.4 is 4.74 Å². The second-order valence-corrected chi connectivity index (χ2v) is 7.30. The van der Waals surface area contributed by atoms with Crippen molar-refractivity contribution in [3.63, 3.8) is 0 Å². The fourth-order valence-corrected chi connectivity index (χ4v) is 4.02. The van der Waals surface area contributed by atoms with Crippen molar-refractivity contribution in [1.82, 2.24) is 14.5 Å². The van der Waals surface area contributed by atoms with Crippen molar-refractivity contribution in [2.24, 2.45) is 0 Å². The number of pyridine rings is 1. The molecule has 0 unspecified atom stereocenters. The monoisotopic (exact) mass is 351 g/mol. The molecule has 0 amide bonds. The van der Waals surface area contributed by atoms with Gasteiger partial charge < -0.3 is 14.2 Å².